The summed E-state index contributed by atoms with van der Waals surface area (Å²) in [5.41, 5.74) is 1.03. The van der Waals surface area contributed by atoms with E-state index in [1.165, 1.54) is 4.90 Å². The molecule has 2 fully saturated rings. The van der Waals surface area contributed by atoms with Gasteiger partial charge in [0, 0.05) is 19.6 Å². The largest absolute Gasteiger partial charge is 0.336 e. The zero-order valence-electron chi connectivity index (χ0n) is 16.5. The van der Waals surface area contributed by atoms with Crippen LogP contribution in [0.2, 0.25) is 0 Å². The van der Waals surface area contributed by atoms with Gasteiger partial charge in [0.15, 0.2) is 0 Å². The van der Waals surface area contributed by atoms with Crippen LogP contribution in [0.4, 0.5) is 0 Å². The summed E-state index contributed by atoms with van der Waals surface area (Å²) >= 11 is 0. The predicted octanol–water partition coefficient (Wildman–Crippen LogP) is 1.38. The van der Waals surface area contributed by atoms with E-state index in [2.05, 4.69) is 12.2 Å². The second-order valence-corrected chi connectivity index (χ2v) is 8.37. The maximum Gasteiger partial charge on any atom is 0.243 e. The number of benzene rings is 1. The fourth-order valence-electron chi connectivity index (χ4n) is 4.77. The fourth-order valence-corrected chi connectivity index (χ4v) is 4.77. The van der Waals surface area contributed by atoms with Gasteiger partial charge in [0.25, 0.3) is 0 Å². The van der Waals surface area contributed by atoms with Crippen molar-refractivity contribution in [1.82, 2.24) is 14.7 Å². The van der Waals surface area contributed by atoms with Gasteiger partial charge in [-0.15, -0.1) is 0 Å². The second-order valence-electron chi connectivity index (χ2n) is 8.37. The molecule has 0 aromatic heterocycles. The van der Waals surface area contributed by atoms with Gasteiger partial charge in [0.05, 0.1) is 11.8 Å². The quantitative estimate of drug-likeness (QED) is 0.529. The number of hydrogen-bond donors (Lipinski definition) is 0. The molecule has 1 saturated heterocycles. The zero-order chi connectivity index (χ0) is 19.8. The summed E-state index contributed by atoms with van der Waals surface area (Å²) in [5.74, 6) is -0.659. The molecule has 1 aromatic rings. The number of nitrogens with zero attached hydrogens (tertiary/aromatic N) is 3. The average Bonchev–Trinajstić information content (AvgIpc) is 3.35. The molecule has 4 atom stereocenters. The molecule has 0 radical (unpaired) electrons. The van der Waals surface area contributed by atoms with Crippen molar-refractivity contribution < 1.29 is 14.4 Å². The van der Waals surface area contributed by atoms with Gasteiger partial charge < -0.3 is 9.80 Å². The third kappa shape index (κ3) is 3.37. The van der Waals surface area contributed by atoms with Gasteiger partial charge in [0.1, 0.15) is 6.54 Å². The number of imide groups is 1. The zero-order valence-corrected chi connectivity index (χ0v) is 16.5. The lowest BCUT2D eigenvalue weighted by molar-refractivity contribution is -0.147. The Kier molecular flexibility index (Phi) is 5.06. The number of carbonyl (C=O) groups is 3. The molecule has 1 aromatic carbocycles. The maximum atomic E-state index is 13.1. The summed E-state index contributed by atoms with van der Waals surface area (Å²) in [4.78, 5) is 43.8. The van der Waals surface area contributed by atoms with E-state index in [-0.39, 0.29) is 47.9 Å². The maximum absolute atomic E-state index is 13.1. The normalized spacial score (nSPS) is 27.8. The van der Waals surface area contributed by atoms with Crippen molar-refractivity contribution in [1.29, 1.82) is 0 Å². The molecule has 4 rings (SSSR count). The number of amides is 3. The number of fused-ring (bicyclic) bond motifs is 5. The highest BCUT2D eigenvalue weighted by molar-refractivity contribution is 6.08. The summed E-state index contributed by atoms with van der Waals surface area (Å²) in [6.07, 6.45) is 5.04. The van der Waals surface area contributed by atoms with Crippen molar-refractivity contribution in [2.75, 3.05) is 33.7 Å². The van der Waals surface area contributed by atoms with Gasteiger partial charge in [-0.1, -0.05) is 42.5 Å². The summed E-state index contributed by atoms with van der Waals surface area (Å²) < 4.78 is 0. The molecule has 6 heteroatoms. The van der Waals surface area contributed by atoms with Crippen LogP contribution >= 0.6 is 0 Å². The lowest BCUT2D eigenvalue weighted by Crippen LogP contribution is -2.45. The van der Waals surface area contributed by atoms with Crippen LogP contribution in [0.1, 0.15) is 12.0 Å². The molecule has 1 heterocycles. The Morgan fingerprint density at radius 2 is 1.61 bits per heavy atom. The standard InChI is InChI=1S/C22H27N3O3/c1-23(2)10-11-24(13-15-6-4-3-5-7-15)18(26)14-25-21(27)19-16-8-9-17(12-16)20(19)22(25)28/h3-9,16-17,19-20H,10-14H2,1-2H3. The molecule has 1 saturated carbocycles. The summed E-state index contributed by atoms with van der Waals surface area (Å²) in [6, 6.07) is 9.80. The highest BCUT2D eigenvalue weighted by Gasteiger charge is 2.59. The highest BCUT2D eigenvalue weighted by atomic mass is 16.2. The van der Waals surface area contributed by atoms with Gasteiger partial charge >= 0.3 is 0 Å². The third-order valence-corrected chi connectivity index (χ3v) is 6.24. The van der Waals surface area contributed by atoms with E-state index < -0.39 is 0 Å². The van der Waals surface area contributed by atoms with Gasteiger partial charge in [-0.3, -0.25) is 19.3 Å². The minimum atomic E-state index is -0.250. The second kappa shape index (κ2) is 7.51. The van der Waals surface area contributed by atoms with Crippen molar-refractivity contribution in [2.24, 2.45) is 23.7 Å². The lowest BCUT2D eigenvalue weighted by atomic mass is 9.85. The lowest BCUT2D eigenvalue weighted by Gasteiger charge is -2.27. The first-order valence-electron chi connectivity index (χ1n) is 9.95. The van der Waals surface area contributed by atoms with Crippen LogP contribution in [0.15, 0.2) is 42.5 Å². The smallest absolute Gasteiger partial charge is 0.243 e. The molecule has 2 bridgehead atoms. The van der Waals surface area contributed by atoms with Gasteiger partial charge in [0.2, 0.25) is 17.7 Å². The van der Waals surface area contributed by atoms with Crippen LogP contribution in [0.5, 0.6) is 0 Å². The number of likely N-dealkylation sites (N-methyl/N-ethyl adjacent to an activating group) is 1. The number of allylic oxidation sites excluding steroid dienone is 2. The molecule has 2 aliphatic carbocycles. The fraction of sp³-hybridized carbons (Fsp3) is 0.500. The minimum Gasteiger partial charge on any atom is -0.336 e. The van der Waals surface area contributed by atoms with Crippen LogP contribution in [0.3, 0.4) is 0 Å². The first-order chi connectivity index (χ1) is 13.5. The van der Waals surface area contributed by atoms with Gasteiger partial charge in [-0.25, -0.2) is 0 Å². The Hall–Kier alpha value is -2.47. The molecule has 6 nitrogen and oxygen atoms in total. The Morgan fingerprint density at radius 1 is 1.00 bits per heavy atom. The third-order valence-electron chi connectivity index (χ3n) is 6.24. The number of likely N-dealkylation sites (tertiary alicyclic amines) is 1. The first-order valence-corrected chi connectivity index (χ1v) is 9.95. The predicted molar refractivity (Wildman–Crippen MR) is 105 cm³/mol. The Balaban J connectivity index is 1.46. The minimum absolute atomic E-state index is 0.148. The van der Waals surface area contributed by atoms with E-state index in [0.717, 1.165) is 18.5 Å². The van der Waals surface area contributed by atoms with Crippen molar-refractivity contribution in [2.45, 2.75) is 13.0 Å². The Morgan fingerprint density at radius 3 is 2.18 bits per heavy atom. The summed E-state index contributed by atoms with van der Waals surface area (Å²) in [7, 11) is 3.92. The molecule has 0 spiro atoms. The SMILES string of the molecule is CN(C)CCN(Cc1ccccc1)C(=O)CN1C(=O)C2C3C=CC(C3)C2C1=O. The molecular formula is C22H27N3O3. The molecule has 4 unspecified atom stereocenters. The van der Waals surface area contributed by atoms with Crippen LogP contribution < -0.4 is 0 Å². The molecule has 0 N–H and O–H groups in total. The molecule has 3 aliphatic rings. The van der Waals surface area contributed by atoms with Crippen LogP contribution in [0.25, 0.3) is 0 Å². The van der Waals surface area contributed by atoms with Crippen LogP contribution in [-0.2, 0) is 20.9 Å². The van der Waals surface area contributed by atoms with Crippen molar-refractivity contribution in [3.05, 3.63) is 48.0 Å². The molecule has 28 heavy (non-hydrogen) atoms. The van der Waals surface area contributed by atoms with E-state index >= 15 is 0 Å². The summed E-state index contributed by atoms with van der Waals surface area (Å²) in [6.45, 7) is 1.60. The van der Waals surface area contributed by atoms with Gasteiger partial charge in [-0.05, 0) is 37.9 Å². The van der Waals surface area contributed by atoms with E-state index in [4.69, 9.17) is 0 Å². The van der Waals surface area contributed by atoms with E-state index in [1.54, 1.807) is 4.90 Å². The van der Waals surface area contributed by atoms with E-state index in [9.17, 15) is 14.4 Å². The van der Waals surface area contributed by atoms with Crippen molar-refractivity contribution in [3.63, 3.8) is 0 Å². The molecular weight excluding hydrogens is 354 g/mol. The van der Waals surface area contributed by atoms with E-state index in [1.807, 2.05) is 49.3 Å². The topological polar surface area (TPSA) is 60.9 Å². The Bertz CT molecular complexity index is 775. The highest BCUT2D eigenvalue weighted by Crippen LogP contribution is 2.52. The Labute approximate surface area is 165 Å². The number of hydrogen-bond acceptors (Lipinski definition) is 4. The summed E-state index contributed by atoms with van der Waals surface area (Å²) in [5, 5.41) is 0. The number of rotatable bonds is 7. The van der Waals surface area contributed by atoms with Crippen LogP contribution in [-0.4, -0.2) is 66.2 Å². The van der Waals surface area contributed by atoms with Crippen molar-refractivity contribution in [3.8, 4) is 0 Å². The molecule has 3 amide bonds. The van der Waals surface area contributed by atoms with Crippen LogP contribution in [0, 0.1) is 23.7 Å². The molecule has 1 aliphatic heterocycles. The average molecular weight is 381 g/mol. The first kappa shape index (κ1) is 18.9. The number of carbonyl (C=O) groups excluding carboxylic acids is 3. The van der Waals surface area contributed by atoms with Gasteiger partial charge in [-0.2, -0.15) is 0 Å². The van der Waals surface area contributed by atoms with E-state index in [0.29, 0.717) is 13.1 Å². The molecule has 148 valence electrons. The van der Waals surface area contributed by atoms with Crippen molar-refractivity contribution >= 4 is 17.7 Å². The monoisotopic (exact) mass is 381 g/mol.